The van der Waals surface area contributed by atoms with Crippen LogP contribution in [0.15, 0.2) is 18.2 Å². The Morgan fingerprint density at radius 3 is 2.87 bits per heavy atom. The highest BCUT2D eigenvalue weighted by Gasteiger charge is 2.32. The highest BCUT2D eigenvalue weighted by atomic mass is 16.4. The number of carboxylic acid groups (broad SMARTS) is 1. The van der Waals surface area contributed by atoms with Gasteiger partial charge < -0.3 is 15.9 Å². The first-order valence-corrected chi connectivity index (χ1v) is 4.90. The summed E-state index contributed by atoms with van der Waals surface area (Å²) in [4.78, 5) is 10.9. The van der Waals surface area contributed by atoms with Gasteiger partial charge in [0.1, 0.15) is 5.75 Å². The fourth-order valence-electron chi connectivity index (χ4n) is 2.15. The number of aromatic hydroxyl groups is 1. The topological polar surface area (TPSA) is 83.5 Å². The molecule has 4 N–H and O–H groups in total. The van der Waals surface area contributed by atoms with Gasteiger partial charge in [-0.2, -0.15) is 0 Å². The standard InChI is InChI=1S/C11H13NO3/c12-10-7-2-1-3-9(13)6(7)4-5-8(10)11(14)15/h1-3,8,10,13H,4-5,12H2,(H,14,15). The van der Waals surface area contributed by atoms with Gasteiger partial charge in [0.05, 0.1) is 5.92 Å². The Balaban J connectivity index is 2.42. The van der Waals surface area contributed by atoms with Crippen molar-refractivity contribution in [2.45, 2.75) is 18.9 Å². The summed E-state index contributed by atoms with van der Waals surface area (Å²) in [5.74, 6) is -1.19. The molecule has 0 spiro atoms. The zero-order valence-electron chi connectivity index (χ0n) is 8.18. The summed E-state index contributed by atoms with van der Waals surface area (Å²) >= 11 is 0. The van der Waals surface area contributed by atoms with Crippen molar-refractivity contribution < 1.29 is 15.0 Å². The first-order valence-electron chi connectivity index (χ1n) is 4.90. The molecule has 1 aliphatic rings. The molecule has 4 nitrogen and oxygen atoms in total. The van der Waals surface area contributed by atoms with E-state index in [0.717, 1.165) is 11.1 Å². The maximum absolute atomic E-state index is 10.9. The predicted octanol–water partition coefficient (Wildman–Crippen LogP) is 1.04. The molecule has 0 saturated heterocycles. The highest BCUT2D eigenvalue weighted by Crippen LogP contribution is 2.36. The second-order valence-electron chi connectivity index (χ2n) is 3.85. The zero-order chi connectivity index (χ0) is 11.0. The number of phenols is 1. The van der Waals surface area contributed by atoms with E-state index in [1.807, 2.05) is 0 Å². The van der Waals surface area contributed by atoms with Crippen molar-refractivity contribution in [2.75, 3.05) is 0 Å². The molecular formula is C11H13NO3. The smallest absolute Gasteiger partial charge is 0.308 e. The van der Waals surface area contributed by atoms with Crippen LogP contribution in [0.25, 0.3) is 0 Å². The van der Waals surface area contributed by atoms with E-state index in [0.29, 0.717) is 12.8 Å². The largest absolute Gasteiger partial charge is 0.508 e. The molecule has 0 heterocycles. The maximum atomic E-state index is 10.9. The summed E-state index contributed by atoms with van der Waals surface area (Å²) in [6, 6.07) is 4.57. The number of carboxylic acids is 1. The number of rotatable bonds is 1. The van der Waals surface area contributed by atoms with Crippen molar-refractivity contribution in [3.63, 3.8) is 0 Å². The van der Waals surface area contributed by atoms with E-state index in [2.05, 4.69) is 0 Å². The summed E-state index contributed by atoms with van der Waals surface area (Å²) in [5.41, 5.74) is 7.42. The number of aliphatic carboxylic acids is 1. The number of fused-ring (bicyclic) bond motifs is 1. The zero-order valence-corrected chi connectivity index (χ0v) is 8.18. The molecule has 2 unspecified atom stereocenters. The van der Waals surface area contributed by atoms with Crippen LogP contribution in [0.3, 0.4) is 0 Å². The van der Waals surface area contributed by atoms with Gasteiger partial charge in [0.15, 0.2) is 0 Å². The molecule has 0 radical (unpaired) electrons. The normalized spacial score (nSPS) is 24.6. The molecule has 80 valence electrons. The van der Waals surface area contributed by atoms with Crippen molar-refractivity contribution in [3.8, 4) is 5.75 Å². The first-order chi connectivity index (χ1) is 7.11. The van der Waals surface area contributed by atoms with E-state index in [1.54, 1.807) is 18.2 Å². The molecule has 1 aromatic carbocycles. The fourth-order valence-corrected chi connectivity index (χ4v) is 2.15. The van der Waals surface area contributed by atoms with Crippen molar-refractivity contribution >= 4 is 5.97 Å². The van der Waals surface area contributed by atoms with Crippen LogP contribution in [-0.2, 0) is 11.2 Å². The van der Waals surface area contributed by atoms with Crippen molar-refractivity contribution in [2.24, 2.45) is 11.7 Å². The molecule has 1 aromatic rings. The lowest BCUT2D eigenvalue weighted by Crippen LogP contribution is -2.32. The van der Waals surface area contributed by atoms with Gasteiger partial charge in [0.25, 0.3) is 0 Å². The molecule has 0 aliphatic heterocycles. The molecule has 0 saturated carbocycles. The van der Waals surface area contributed by atoms with Gasteiger partial charge in [-0.05, 0) is 30.0 Å². The van der Waals surface area contributed by atoms with Crippen LogP contribution in [-0.4, -0.2) is 16.2 Å². The van der Waals surface area contributed by atoms with E-state index in [4.69, 9.17) is 10.8 Å². The van der Waals surface area contributed by atoms with E-state index in [1.165, 1.54) is 0 Å². The third-order valence-corrected chi connectivity index (χ3v) is 3.00. The van der Waals surface area contributed by atoms with Gasteiger partial charge in [-0.15, -0.1) is 0 Å². The van der Waals surface area contributed by atoms with Crippen LogP contribution < -0.4 is 5.73 Å². The fraction of sp³-hybridized carbons (Fsp3) is 0.364. The second kappa shape index (κ2) is 3.55. The lowest BCUT2D eigenvalue weighted by atomic mass is 9.80. The number of hydrogen-bond donors (Lipinski definition) is 3. The van der Waals surface area contributed by atoms with E-state index in [9.17, 15) is 9.90 Å². The van der Waals surface area contributed by atoms with Crippen LogP contribution in [0.1, 0.15) is 23.6 Å². The third kappa shape index (κ3) is 1.57. The average Bonchev–Trinajstić information content (AvgIpc) is 2.19. The number of benzene rings is 1. The summed E-state index contributed by atoms with van der Waals surface area (Å²) in [6.45, 7) is 0. The molecule has 2 atom stereocenters. The van der Waals surface area contributed by atoms with Crippen molar-refractivity contribution in [3.05, 3.63) is 29.3 Å². The van der Waals surface area contributed by atoms with E-state index in [-0.39, 0.29) is 5.75 Å². The highest BCUT2D eigenvalue weighted by molar-refractivity contribution is 5.72. The minimum Gasteiger partial charge on any atom is -0.508 e. The molecule has 0 bridgehead atoms. The Morgan fingerprint density at radius 1 is 1.47 bits per heavy atom. The van der Waals surface area contributed by atoms with Crippen LogP contribution >= 0.6 is 0 Å². The van der Waals surface area contributed by atoms with Crippen LogP contribution in [0, 0.1) is 5.92 Å². The van der Waals surface area contributed by atoms with Gasteiger partial charge in [-0.3, -0.25) is 4.79 Å². The SMILES string of the molecule is NC1c2cccc(O)c2CCC1C(=O)O. The first kappa shape index (κ1) is 9.98. The summed E-state index contributed by atoms with van der Waals surface area (Å²) in [6.07, 6.45) is 1.06. The minimum atomic E-state index is -0.864. The van der Waals surface area contributed by atoms with Crippen LogP contribution in [0.4, 0.5) is 0 Å². The van der Waals surface area contributed by atoms with Gasteiger partial charge in [0.2, 0.25) is 0 Å². The van der Waals surface area contributed by atoms with Gasteiger partial charge in [-0.1, -0.05) is 12.1 Å². The molecular weight excluding hydrogens is 194 g/mol. The van der Waals surface area contributed by atoms with Gasteiger partial charge in [-0.25, -0.2) is 0 Å². The van der Waals surface area contributed by atoms with Gasteiger partial charge >= 0.3 is 5.97 Å². The average molecular weight is 207 g/mol. The number of hydrogen-bond acceptors (Lipinski definition) is 3. The van der Waals surface area contributed by atoms with Gasteiger partial charge in [0, 0.05) is 6.04 Å². The number of nitrogens with two attached hydrogens (primary N) is 1. The molecule has 4 heteroatoms. The molecule has 2 rings (SSSR count). The Kier molecular flexibility index (Phi) is 2.36. The number of carbonyl (C=O) groups is 1. The Bertz CT molecular complexity index is 403. The minimum absolute atomic E-state index is 0.215. The van der Waals surface area contributed by atoms with E-state index < -0.39 is 17.9 Å². The van der Waals surface area contributed by atoms with Crippen molar-refractivity contribution in [1.29, 1.82) is 0 Å². The summed E-state index contributed by atoms with van der Waals surface area (Å²) in [5, 5.41) is 18.6. The Hall–Kier alpha value is -1.55. The van der Waals surface area contributed by atoms with Crippen LogP contribution in [0.5, 0.6) is 5.75 Å². The van der Waals surface area contributed by atoms with Crippen molar-refractivity contribution in [1.82, 2.24) is 0 Å². The molecule has 0 amide bonds. The Labute approximate surface area is 87.3 Å². The molecule has 0 aromatic heterocycles. The summed E-state index contributed by atoms with van der Waals surface area (Å²) < 4.78 is 0. The number of phenolic OH excluding ortho intramolecular Hbond substituents is 1. The monoisotopic (exact) mass is 207 g/mol. The van der Waals surface area contributed by atoms with E-state index >= 15 is 0 Å². The molecule has 1 aliphatic carbocycles. The Morgan fingerprint density at radius 2 is 2.20 bits per heavy atom. The second-order valence-corrected chi connectivity index (χ2v) is 3.85. The summed E-state index contributed by atoms with van der Waals surface area (Å²) in [7, 11) is 0. The molecule has 15 heavy (non-hydrogen) atoms. The predicted molar refractivity (Wildman–Crippen MR) is 54.5 cm³/mol. The molecule has 0 fully saturated rings. The lowest BCUT2D eigenvalue weighted by molar-refractivity contribution is -0.143. The maximum Gasteiger partial charge on any atom is 0.308 e. The third-order valence-electron chi connectivity index (χ3n) is 3.00. The van der Waals surface area contributed by atoms with Crippen LogP contribution in [0.2, 0.25) is 0 Å². The quantitative estimate of drug-likeness (QED) is 0.642. The lowest BCUT2D eigenvalue weighted by Gasteiger charge is -2.28.